The molecule has 0 N–H and O–H groups in total. The van der Waals surface area contributed by atoms with Crippen molar-refractivity contribution in [1.82, 2.24) is 5.16 Å². The first-order chi connectivity index (χ1) is 7.25. The zero-order valence-corrected chi connectivity index (χ0v) is 9.96. The monoisotopic (exact) mass is 287 g/mol. The van der Waals surface area contributed by atoms with Gasteiger partial charge in [-0.3, -0.25) is 0 Å². The van der Waals surface area contributed by atoms with Gasteiger partial charge >= 0.3 is 0 Å². The van der Waals surface area contributed by atoms with E-state index in [2.05, 4.69) is 25.6 Å². The summed E-state index contributed by atoms with van der Waals surface area (Å²) in [6.07, 6.45) is 3.14. The van der Waals surface area contributed by atoms with Crippen LogP contribution >= 0.6 is 27.5 Å². The van der Waals surface area contributed by atoms with Gasteiger partial charge in [-0.05, 0) is 18.2 Å². The van der Waals surface area contributed by atoms with Gasteiger partial charge in [0.05, 0.1) is 11.2 Å². The molecule has 0 saturated heterocycles. The van der Waals surface area contributed by atoms with Crippen molar-refractivity contribution in [3.8, 4) is 5.75 Å². The number of hydrogen-bond donors (Lipinski definition) is 0. The van der Waals surface area contributed by atoms with Crippen LogP contribution in [0.1, 0.15) is 5.56 Å². The van der Waals surface area contributed by atoms with E-state index in [1.165, 1.54) is 6.26 Å². The van der Waals surface area contributed by atoms with Crippen molar-refractivity contribution in [1.29, 1.82) is 0 Å². The molecule has 0 unspecified atom stereocenters. The van der Waals surface area contributed by atoms with E-state index in [1.54, 1.807) is 12.3 Å². The van der Waals surface area contributed by atoms with Crippen LogP contribution in [0.2, 0.25) is 5.02 Å². The molecule has 1 aromatic heterocycles. The molecule has 0 saturated carbocycles. The molecule has 0 fully saturated rings. The van der Waals surface area contributed by atoms with Crippen molar-refractivity contribution >= 4 is 27.5 Å². The molecule has 15 heavy (non-hydrogen) atoms. The molecule has 5 heteroatoms. The van der Waals surface area contributed by atoms with Crippen LogP contribution < -0.4 is 4.74 Å². The first-order valence-electron chi connectivity index (χ1n) is 4.22. The molecule has 1 aromatic carbocycles. The highest BCUT2D eigenvalue weighted by atomic mass is 79.9. The summed E-state index contributed by atoms with van der Waals surface area (Å²) in [4.78, 5) is 0. The summed E-state index contributed by atoms with van der Waals surface area (Å²) in [5, 5.41) is 4.16. The Hall–Kier alpha value is -1.00. The van der Waals surface area contributed by atoms with Crippen molar-refractivity contribution in [3.05, 3.63) is 45.7 Å². The van der Waals surface area contributed by atoms with Crippen LogP contribution in [0.4, 0.5) is 0 Å². The van der Waals surface area contributed by atoms with Gasteiger partial charge in [0.1, 0.15) is 18.6 Å². The van der Waals surface area contributed by atoms with Gasteiger partial charge in [0.15, 0.2) is 0 Å². The van der Waals surface area contributed by atoms with Crippen LogP contribution in [0, 0.1) is 0 Å². The Balaban J connectivity index is 2.07. The molecule has 3 nitrogen and oxygen atoms in total. The molecule has 2 aromatic rings. The van der Waals surface area contributed by atoms with E-state index in [-0.39, 0.29) is 0 Å². The molecular formula is C10H7BrClNO2. The van der Waals surface area contributed by atoms with Crippen LogP contribution in [0.5, 0.6) is 5.75 Å². The van der Waals surface area contributed by atoms with Gasteiger partial charge in [0, 0.05) is 10.0 Å². The zero-order chi connectivity index (χ0) is 10.7. The van der Waals surface area contributed by atoms with Crippen molar-refractivity contribution in [2.45, 2.75) is 6.61 Å². The van der Waals surface area contributed by atoms with Crippen molar-refractivity contribution in [2.24, 2.45) is 0 Å². The quantitative estimate of drug-likeness (QED) is 0.864. The average Bonchev–Trinajstić information content (AvgIpc) is 2.72. The van der Waals surface area contributed by atoms with Crippen LogP contribution in [-0.4, -0.2) is 5.16 Å². The summed E-state index contributed by atoms with van der Waals surface area (Å²) in [5.41, 5.74) is 0.867. The molecule has 0 amide bonds. The minimum absolute atomic E-state index is 0.389. The molecule has 0 aliphatic heterocycles. The molecule has 0 atom stereocenters. The first-order valence-corrected chi connectivity index (χ1v) is 5.39. The molecule has 0 radical (unpaired) electrons. The molecule has 0 aliphatic rings. The smallest absolute Gasteiger partial charge is 0.139 e. The molecule has 2 rings (SSSR count). The molecule has 0 aliphatic carbocycles. The third-order valence-corrected chi connectivity index (χ3v) is 2.58. The number of rotatable bonds is 3. The Labute approximate surface area is 100 Å². The van der Waals surface area contributed by atoms with Gasteiger partial charge in [-0.2, -0.15) is 0 Å². The van der Waals surface area contributed by atoms with E-state index in [0.717, 1.165) is 10.0 Å². The Morgan fingerprint density at radius 1 is 1.47 bits per heavy atom. The second kappa shape index (κ2) is 4.68. The summed E-state index contributed by atoms with van der Waals surface area (Å²) < 4.78 is 11.1. The van der Waals surface area contributed by atoms with E-state index in [1.807, 2.05) is 12.1 Å². The standard InChI is InChI=1S/C10H7BrClNO2/c11-8-1-2-9(12)10(3-8)14-5-7-4-13-15-6-7/h1-4,6H,5H2. The lowest BCUT2D eigenvalue weighted by Gasteiger charge is -2.06. The maximum Gasteiger partial charge on any atom is 0.139 e. The van der Waals surface area contributed by atoms with Gasteiger partial charge in [0.25, 0.3) is 0 Å². The largest absolute Gasteiger partial charge is 0.487 e. The van der Waals surface area contributed by atoms with Crippen LogP contribution in [0.25, 0.3) is 0 Å². The lowest BCUT2D eigenvalue weighted by molar-refractivity contribution is 0.304. The predicted molar refractivity (Wildman–Crippen MR) is 60.0 cm³/mol. The topological polar surface area (TPSA) is 35.3 Å². The fourth-order valence-corrected chi connectivity index (χ4v) is 1.56. The van der Waals surface area contributed by atoms with E-state index in [9.17, 15) is 0 Å². The number of aromatic nitrogens is 1. The van der Waals surface area contributed by atoms with Gasteiger partial charge in [-0.25, -0.2) is 0 Å². The number of benzene rings is 1. The summed E-state index contributed by atoms with van der Waals surface area (Å²) in [6.45, 7) is 0.389. The summed E-state index contributed by atoms with van der Waals surface area (Å²) in [7, 11) is 0. The fraction of sp³-hybridized carbons (Fsp3) is 0.100. The average molecular weight is 289 g/mol. The predicted octanol–water partition coefficient (Wildman–Crippen LogP) is 3.67. The first kappa shape index (κ1) is 10.5. The third kappa shape index (κ3) is 2.73. The van der Waals surface area contributed by atoms with E-state index >= 15 is 0 Å². The van der Waals surface area contributed by atoms with E-state index in [4.69, 9.17) is 16.3 Å². The van der Waals surface area contributed by atoms with Crippen LogP contribution in [-0.2, 0) is 6.61 Å². The maximum absolute atomic E-state index is 5.95. The van der Waals surface area contributed by atoms with Crippen molar-refractivity contribution < 1.29 is 9.26 Å². The van der Waals surface area contributed by atoms with E-state index in [0.29, 0.717) is 17.4 Å². The lowest BCUT2D eigenvalue weighted by Crippen LogP contribution is -1.94. The minimum Gasteiger partial charge on any atom is -0.487 e. The normalized spacial score (nSPS) is 10.3. The molecular weight excluding hydrogens is 281 g/mol. The molecule has 1 heterocycles. The van der Waals surface area contributed by atoms with Gasteiger partial charge < -0.3 is 9.26 Å². The van der Waals surface area contributed by atoms with E-state index < -0.39 is 0 Å². The Morgan fingerprint density at radius 3 is 3.07 bits per heavy atom. The molecule has 78 valence electrons. The number of hydrogen-bond acceptors (Lipinski definition) is 3. The van der Waals surface area contributed by atoms with Gasteiger partial charge in [-0.15, -0.1) is 0 Å². The second-order valence-electron chi connectivity index (χ2n) is 2.90. The maximum atomic E-state index is 5.95. The highest BCUT2D eigenvalue weighted by Crippen LogP contribution is 2.28. The lowest BCUT2D eigenvalue weighted by atomic mass is 10.3. The minimum atomic E-state index is 0.389. The fourth-order valence-electron chi connectivity index (χ4n) is 1.05. The highest BCUT2D eigenvalue weighted by Gasteiger charge is 2.03. The molecule has 0 spiro atoms. The van der Waals surface area contributed by atoms with Crippen LogP contribution in [0.15, 0.2) is 39.7 Å². The summed E-state index contributed by atoms with van der Waals surface area (Å²) >= 11 is 9.30. The highest BCUT2D eigenvalue weighted by molar-refractivity contribution is 9.10. The SMILES string of the molecule is Clc1ccc(Br)cc1OCc1cnoc1. The van der Waals surface area contributed by atoms with Gasteiger partial charge in [0.2, 0.25) is 0 Å². The van der Waals surface area contributed by atoms with Crippen LogP contribution in [0.3, 0.4) is 0 Å². The summed E-state index contributed by atoms with van der Waals surface area (Å²) in [6, 6.07) is 5.44. The third-order valence-electron chi connectivity index (χ3n) is 1.77. The zero-order valence-electron chi connectivity index (χ0n) is 7.61. The second-order valence-corrected chi connectivity index (χ2v) is 4.22. The van der Waals surface area contributed by atoms with Gasteiger partial charge in [-0.1, -0.05) is 32.7 Å². The number of nitrogens with zero attached hydrogens (tertiary/aromatic N) is 1. The Kier molecular flexibility index (Phi) is 3.28. The molecule has 0 bridgehead atoms. The number of halogens is 2. The number of ether oxygens (including phenoxy) is 1. The van der Waals surface area contributed by atoms with Crippen molar-refractivity contribution in [2.75, 3.05) is 0 Å². The Morgan fingerprint density at radius 2 is 2.33 bits per heavy atom. The van der Waals surface area contributed by atoms with Crippen molar-refractivity contribution in [3.63, 3.8) is 0 Å². The summed E-state index contributed by atoms with van der Waals surface area (Å²) in [5.74, 6) is 0.632. The Bertz CT molecular complexity index is 445.